The van der Waals surface area contributed by atoms with Gasteiger partial charge < -0.3 is 36.8 Å². The summed E-state index contributed by atoms with van der Waals surface area (Å²) < 4.78 is 0. The second-order valence-electron chi connectivity index (χ2n) is 10.8. The fourth-order valence-electron chi connectivity index (χ4n) is 4.14. The highest BCUT2D eigenvalue weighted by Gasteiger charge is 2.20. The first-order chi connectivity index (χ1) is 18.4. The Hall–Kier alpha value is -3.50. The number of benzene rings is 2. The van der Waals surface area contributed by atoms with Crippen LogP contribution in [0.5, 0.6) is 23.0 Å². The zero-order valence-electron chi connectivity index (χ0n) is 23.2. The molecule has 39 heavy (non-hydrogen) atoms. The Morgan fingerprint density at radius 2 is 1.28 bits per heavy atom. The maximum atomic E-state index is 12.5. The van der Waals surface area contributed by atoms with Crippen LogP contribution in [-0.4, -0.2) is 75.4 Å². The van der Waals surface area contributed by atoms with Crippen LogP contribution in [0.4, 0.5) is 0 Å². The predicted octanol–water partition coefficient (Wildman–Crippen LogP) is 3.29. The molecule has 1 atom stereocenters. The molecule has 2 aromatic carbocycles. The third kappa shape index (κ3) is 11.4. The van der Waals surface area contributed by atoms with Gasteiger partial charge in [0, 0.05) is 49.4 Å². The van der Waals surface area contributed by atoms with Crippen molar-refractivity contribution >= 4 is 11.8 Å². The minimum absolute atomic E-state index is 0.234. The molecule has 2 rings (SSSR count). The molecule has 8 N–H and O–H groups in total. The second kappa shape index (κ2) is 15.2. The largest absolute Gasteiger partial charge is 0.504 e. The highest BCUT2D eigenvalue weighted by atomic mass is 16.3. The van der Waals surface area contributed by atoms with E-state index in [9.17, 15) is 30.0 Å². The molecule has 1 unspecified atom stereocenters. The summed E-state index contributed by atoms with van der Waals surface area (Å²) in [7, 11) is 0. The fraction of sp³-hybridized carbons (Fsp3) is 0.517. The van der Waals surface area contributed by atoms with Gasteiger partial charge in [0.15, 0.2) is 23.0 Å². The van der Waals surface area contributed by atoms with Crippen molar-refractivity contribution in [3.8, 4) is 23.0 Å². The van der Waals surface area contributed by atoms with E-state index in [4.69, 9.17) is 5.73 Å². The van der Waals surface area contributed by atoms with Gasteiger partial charge in [0.1, 0.15) is 0 Å². The number of unbranched alkanes of at least 4 members (excludes halogenated alkanes) is 1. The molecule has 10 heteroatoms. The topological polar surface area (TPSA) is 168 Å². The van der Waals surface area contributed by atoms with Crippen LogP contribution in [0.15, 0.2) is 36.4 Å². The summed E-state index contributed by atoms with van der Waals surface area (Å²) in [6.45, 7) is 8.83. The van der Waals surface area contributed by atoms with Crippen molar-refractivity contribution in [1.82, 2.24) is 15.5 Å². The molecule has 0 spiro atoms. The minimum Gasteiger partial charge on any atom is -0.504 e. The summed E-state index contributed by atoms with van der Waals surface area (Å²) in [6, 6.07) is 7.79. The Morgan fingerprint density at radius 1 is 0.795 bits per heavy atom. The number of rotatable bonds is 16. The van der Waals surface area contributed by atoms with Gasteiger partial charge in [-0.3, -0.25) is 14.5 Å². The van der Waals surface area contributed by atoms with E-state index in [1.54, 1.807) is 0 Å². The molecule has 0 bridgehead atoms. The number of aromatic hydroxyl groups is 4. The van der Waals surface area contributed by atoms with E-state index >= 15 is 0 Å². The molecule has 10 nitrogen and oxygen atoms in total. The summed E-state index contributed by atoms with van der Waals surface area (Å²) in [4.78, 5) is 27.1. The first-order valence-electron chi connectivity index (χ1n) is 13.5. The summed E-state index contributed by atoms with van der Waals surface area (Å²) >= 11 is 0. The summed E-state index contributed by atoms with van der Waals surface area (Å²) in [5.41, 5.74) is 6.71. The molecule has 2 aromatic rings. The summed E-state index contributed by atoms with van der Waals surface area (Å²) in [6.07, 6.45) is 5.05. The number of nitrogens with zero attached hydrogens (tertiary/aromatic N) is 1. The molecule has 0 aliphatic carbocycles. The average molecular weight is 545 g/mol. The van der Waals surface area contributed by atoms with Gasteiger partial charge in [-0.05, 0) is 62.1 Å². The molecular weight excluding hydrogens is 500 g/mol. The number of amides is 2. The van der Waals surface area contributed by atoms with Crippen LogP contribution in [0.2, 0.25) is 0 Å². The van der Waals surface area contributed by atoms with E-state index in [1.807, 2.05) is 0 Å². The van der Waals surface area contributed by atoms with Crippen LogP contribution in [0, 0.1) is 5.92 Å². The van der Waals surface area contributed by atoms with Gasteiger partial charge in [0.25, 0.3) is 11.8 Å². The van der Waals surface area contributed by atoms with Crippen LogP contribution >= 0.6 is 0 Å². The molecule has 0 aromatic heterocycles. The Labute approximate surface area is 230 Å². The number of hydrogen-bond donors (Lipinski definition) is 7. The van der Waals surface area contributed by atoms with Crippen molar-refractivity contribution in [3.63, 3.8) is 0 Å². The van der Waals surface area contributed by atoms with Crippen LogP contribution in [0.3, 0.4) is 0 Å². The van der Waals surface area contributed by atoms with E-state index in [0.29, 0.717) is 38.6 Å². The Bertz CT molecular complexity index is 1020. The fourth-order valence-corrected chi connectivity index (χ4v) is 4.14. The lowest BCUT2D eigenvalue weighted by molar-refractivity contribution is 0.0946. The van der Waals surface area contributed by atoms with Crippen LogP contribution in [-0.2, 0) is 0 Å². The Kier molecular flexibility index (Phi) is 12.3. The van der Waals surface area contributed by atoms with Crippen molar-refractivity contribution in [2.24, 2.45) is 11.7 Å². The van der Waals surface area contributed by atoms with E-state index < -0.39 is 0 Å². The predicted molar refractivity (Wildman–Crippen MR) is 151 cm³/mol. The third-order valence-corrected chi connectivity index (χ3v) is 6.68. The zero-order valence-corrected chi connectivity index (χ0v) is 23.2. The summed E-state index contributed by atoms with van der Waals surface area (Å²) in [5.74, 6) is -1.40. The van der Waals surface area contributed by atoms with Gasteiger partial charge in [-0.25, -0.2) is 0 Å². The van der Waals surface area contributed by atoms with E-state index in [2.05, 4.69) is 36.3 Å². The normalized spacial score (nSPS) is 12.9. The van der Waals surface area contributed by atoms with Crippen molar-refractivity contribution in [2.45, 2.75) is 58.4 Å². The molecule has 0 radical (unpaired) electrons. The molecule has 2 amide bonds. The maximum absolute atomic E-state index is 12.5. The van der Waals surface area contributed by atoms with Crippen molar-refractivity contribution < 1.29 is 30.0 Å². The number of nitrogens with two attached hydrogens (primary N) is 1. The number of carbonyl (C=O) groups is 2. The molecule has 0 aliphatic heterocycles. The van der Waals surface area contributed by atoms with Gasteiger partial charge in [0.2, 0.25) is 0 Å². The number of nitrogens with one attached hydrogen (secondary N) is 2. The van der Waals surface area contributed by atoms with Gasteiger partial charge in [0.05, 0.1) is 0 Å². The minimum atomic E-state index is -0.375. The number of phenols is 4. The van der Waals surface area contributed by atoms with Crippen LogP contribution in [0.1, 0.15) is 73.6 Å². The van der Waals surface area contributed by atoms with E-state index in [1.165, 1.54) is 42.8 Å². The molecule has 0 saturated heterocycles. The van der Waals surface area contributed by atoms with E-state index in [0.717, 1.165) is 25.7 Å². The monoisotopic (exact) mass is 544 g/mol. The third-order valence-electron chi connectivity index (χ3n) is 6.68. The molecule has 0 aliphatic rings. The first-order valence-corrected chi connectivity index (χ1v) is 13.5. The van der Waals surface area contributed by atoms with Gasteiger partial charge in [-0.15, -0.1) is 0 Å². The van der Waals surface area contributed by atoms with Gasteiger partial charge >= 0.3 is 0 Å². The number of hydrogen-bond acceptors (Lipinski definition) is 8. The molecular formula is C29H44N4O6. The Balaban J connectivity index is 1.92. The lowest BCUT2D eigenvalue weighted by Crippen LogP contribution is -2.44. The van der Waals surface area contributed by atoms with Gasteiger partial charge in [-0.1, -0.05) is 33.1 Å². The van der Waals surface area contributed by atoms with Crippen molar-refractivity contribution in [3.05, 3.63) is 47.5 Å². The van der Waals surface area contributed by atoms with Crippen molar-refractivity contribution in [1.29, 1.82) is 0 Å². The SMILES string of the molecule is CC(C)CCCCC(C)(N)CCN(CCNC(=O)c1ccc(O)c(O)c1)CCNC(=O)c1ccc(O)c(O)c1. The smallest absolute Gasteiger partial charge is 0.251 e. The molecule has 0 heterocycles. The van der Waals surface area contributed by atoms with Crippen LogP contribution < -0.4 is 16.4 Å². The quantitative estimate of drug-likeness (QED) is 0.125. The number of phenolic OH excluding ortho intramolecular Hbond substituents is 4. The standard InChI is InChI=1S/C29H44N4O6/c1-20(2)6-4-5-11-29(3,30)12-15-33(16-13-31-27(38)21-7-9-23(34)25(36)18-21)17-14-32-28(39)22-8-10-24(35)26(37)19-22/h7-10,18-20,34-37H,4-6,11-17,30H2,1-3H3,(H,31,38)(H,32,39). The zero-order chi connectivity index (χ0) is 29.0. The second-order valence-corrected chi connectivity index (χ2v) is 10.8. The number of carbonyl (C=O) groups excluding carboxylic acids is 2. The average Bonchev–Trinajstić information content (AvgIpc) is 2.87. The van der Waals surface area contributed by atoms with Gasteiger partial charge in [-0.2, -0.15) is 0 Å². The lowest BCUT2D eigenvalue weighted by Gasteiger charge is -2.30. The molecule has 0 saturated carbocycles. The van der Waals surface area contributed by atoms with Crippen LogP contribution in [0.25, 0.3) is 0 Å². The van der Waals surface area contributed by atoms with Crippen molar-refractivity contribution in [2.75, 3.05) is 32.7 Å². The molecule has 0 fully saturated rings. The lowest BCUT2D eigenvalue weighted by atomic mass is 9.91. The molecule has 216 valence electrons. The highest BCUT2D eigenvalue weighted by molar-refractivity contribution is 5.95. The first kappa shape index (κ1) is 31.7. The Morgan fingerprint density at radius 3 is 1.72 bits per heavy atom. The summed E-state index contributed by atoms with van der Waals surface area (Å²) in [5, 5.41) is 43.9. The maximum Gasteiger partial charge on any atom is 0.251 e. The van der Waals surface area contributed by atoms with E-state index in [-0.39, 0.29) is 51.5 Å². The highest BCUT2D eigenvalue weighted by Crippen LogP contribution is 2.25.